The number of hydrogen-bond donors (Lipinski definition) is 0. The van der Waals surface area contributed by atoms with Crippen molar-refractivity contribution in [2.24, 2.45) is 0 Å². The first-order valence-electron chi connectivity index (χ1n) is 9.47. The SMILES string of the molecule is CCOc1ccc2ncc(-c3cc4n(n3)CCC43CCN(C)C3)cc2c1. The first kappa shape index (κ1) is 15.8. The highest BCUT2D eigenvalue weighted by Crippen LogP contribution is 2.43. The molecule has 134 valence electrons. The Morgan fingerprint density at radius 2 is 2.04 bits per heavy atom. The Bertz CT molecular complexity index is 979. The molecule has 4 heterocycles. The van der Waals surface area contributed by atoms with Gasteiger partial charge in [0.25, 0.3) is 0 Å². The molecule has 0 aliphatic carbocycles. The number of aromatic nitrogens is 3. The van der Waals surface area contributed by atoms with E-state index in [0.717, 1.165) is 41.0 Å². The van der Waals surface area contributed by atoms with E-state index in [-0.39, 0.29) is 0 Å². The van der Waals surface area contributed by atoms with Crippen LogP contribution in [0.4, 0.5) is 0 Å². The van der Waals surface area contributed by atoms with E-state index in [9.17, 15) is 0 Å². The number of likely N-dealkylation sites (N-methyl/N-ethyl adjacent to an activating group) is 1. The lowest BCUT2D eigenvalue weighted by atomic mass is 9.82. The molecule has 2 aliphatic rings. The van der Waals surface area contributed by atoms with E-state index in [1.54, 1.807) is 0 Å². The smallest absolute Gasteiger partial charge is 0.120 e. The van der Waals surface area contributed by atoms with Gasteiger partial charge in [0.15, 0.2) is 0 Å². The van der Waals surface area contributed by atoms with Crippen LogP contribution < -0.4 is 4.74 Å². The van der Waals surface area contributed by atoms with Gasteiger partial charge in [-0.05, 0) is 63.7 Å². The minimum Gasteiger partial charge on any atom is -0.494 e. The number of pyridine rings is 1. The lowest BCUT2D eigenvalue weighted by Crippen LogP contribution is -2.26. The number of aryl methyl sites for hydroxylation is 1. The van der Waals surface area contributed by atoms with Gasteiger partial charge >= 0.3 is 0 Å². The van der Waals surface area contributed by atoms with E-state index in [2.05, 4.69) is 39.8 Å². The Morgan fingerprint density at radius 3 is 2.85 bits per heavy atom. The summed E-state index contributed by atoms with van der Waals surface area (Å²) in [5.41, 5.74) is 4.80. The van der Waals surface area contributed by atoms with E-state index in [0.29, 0.717) is 12.0 Å². The number of nitrogens with zero attached hydrogens (tertiary/aromatic N) is 4. The average molecular weight is 348 g/mol. The van der Waals surface area contributed by atoms with Crippen LogP contribution in [-0.2, 0) is 12.0 Å². The second-order valence-corrected chi connectivity index (χ2v) is 7.67. The topological polar surface area (TPSA) is 43.2 Å². The van der Waals surface area contributed by atoms with Crippen LogP contribution in [0.1, 0.15) is 25.5 Å². The van der Waals surface area contributed by atoms with Crippen LogP contribution in [0.2, 0.25) is 0 Å². The van der Waals surface area contributed by atoms with Gasteiger partial charge in [0, 0.05) is 41.3 Å². The average Bonchev–Trinajstić information content (AvgIpc) is 3.32. The number of ether oxygens (including phenoxy) is 1. The lowest BCUT2D eigenvalue weighted by Gasteiger charge is -2.21. The molecule has 0 radical (unpaired) electrons. The van der Waals surface area contributed by atoms with Gasteiger partial charge in [0.05, 0.1) is 17.8 Å². The fourth-order valence-corrected chi connectivity index (χ4v) is 4.60. The summed E-state index contributed by atoms with van der Waals surface area (Å²) in [4.78, 5) is 7.07. The molecule has 1 aromatic carbocycles. The van der Waals surface area contributed by atoms with Crippen LogP contribution in [0.25, 0.3) is 22.2 Å². The van der Waals surface area contributed by atoms with Crippen LogP contribution in [-0.4, -0.2) is 46.4 Å². The molecular formula is C21H24N4O. The van der Waals surface area contributed by atoms with Crippen molar-refractivity contribution >= 4 is 10.9 Å². The minimum atomic E-state index is 0.298. The van der Waals surface area contributed by atoms with Crippen molar-refractivity contribution in [3.63, 3.8) is 0 Å². The molecule has 0 saturated carbocycles. The zero-order chi connectivity index (χ0) is 17.7. The van der Waals surface area contributed by atoms with E-state index >= 15 is 0 Å². The molecule has 1 fully saturated rings. The standard InChI is InChI=1S/C21H24N4O/c1-3-26-17-4-5-18-15(11-17)10-16(13-22-18)19-12-20-21(6-8-24(2)14-21)7-9-25(20)23-19/h4-5,10-13H,3,6-9,14H2,1-2H3. The van der Waals surface area contributed by atoms with Crippen LogP contribution in [0.5, 0.6) is 5.75 Å². The molecule has 5 heteroatoms. The summed E-state index contributed by atoms with van der Waals surface area (Å²) in [5, 5.41) is 5.99. The molecule has 26 heavy (non-hydrogen) atoms. The Kier molecular flexibility index (Phi) is 3.54. The molecule has 3 aromatic rings. The number of fused-ring (bicyclic) bond motifs is 3. The summed E-state index contributed by atoms with van der Waals surface area (Å²) >= 11 is 0. The van der Waals surface area contributed by atoms with Gasteiger partial charge < -0.3 is 9.64 Å². The maximum atomic E-state index is 5.63. The zero-order valence-electron chi connectivity index (χ0n) is 15.4. The number of benzene rings is 1. The second-order valence-electron chi connectivity index (χ2n) is 7.67. The minimum absolute atomic E-state index is 0.298. The molecular weight excluding hydrogens is 324 g/mol. The molecule has 5 rings (SSSR count). The van der Waals surface area contributed by atoms with Gasteiger partial charge in [0.1, 0.15) is 5.75 Å². The third kappa shape index (κ3) is 2.42. The van der Waals surface area contributed by atoms with E-state index in [1.165, 1.54) is 25.1 Å². The van der Waals surface area contributed by atoms with Crippen molar-refractivity contribution in [1.29, 1.82) is 0 Å². The molecule has 1 saturated heterocycles. The molecule has 1 atom stereocenters. The van der Waals surface area contributed by atoms with Gasteiger partial charge in [-0.15, -0.1) is 0 Å². The Balaban J connectivity index is 1.54. The highest BCUT2D eigenvalue weighted by molar-refractivity contribution is 5.84. The summed E-state index contributed by atoms with van der Waals surface area (Å²) in [6.45, 7) is 6.02. The van der Waals surface area contributed by atoms with Gasteiger partial charge in [-0.1, -0.05) is 0 Å². The quantitative estimate of drug-likeness (QED) is 0.727. The fraction of sp³-hybridized carbons (Fsp3) is 0.429. The first-order chi connectivity index (χ1) is 12.7. The van der Waals surface area contributed by atoms with Crippen molar-refractivity contribution in [3.8, 4) is 17.0 Å². The maximum Gasteiger partial charge on any atom is 0.120 e. The molecule has 0 N–H and O–H groups in total. The molecule has 2 aliphatic heterocycles. The largest absolute Gasteiger partial charge is 0.494 e. The summed E-state index contributed by atoms with van der Waals surface area (Å²) in [6, 6.07) is 10.5. The number of rotatable bonds is 3. The van der Waals surface area contributed by atoms with Crippen molar-refractivity contribution in [2.75, 3.05) is 26.7 Å². The Labute approximate surface area is 153 Å². The highest BCUT2D eigenvalue weighted by atomic mass is 16.5. The summed E-state index contributed by atoms with van der Waals surface area (Å²) < 4.78 is 7.85. The summed E-state index contributed by atoms with van der Waals surface area (Å²) in [5.74, 6) is 0.888. The number of likely N-dealkylation sites (tertiary alicyclic amines) is 1. The molecule has 0 bridgehead atoms. The summed E-state index contributed by atoms with van der Waals surface area (Å²) in [7, 11) is 2.22. The molecule has 5 nitrogen and oxygen atoms in total. The number of hydrogen-bond acceptors (Lipinski definition) is 4. The lowest BCUT2D eigenvalue weighted by molar-refractivity contribution is 0.340. The predicted octanol–water partition coefficient (Wildman–Crippen LogP) is 3.47. The van der Waals surface area contributed by atoms with Gasteiger partial charge in [-0.2, -0.15) is 5.10 Å². The predicted molar refractivity (Wildman–Crippen MR) is 103 cm³/mol. The summed E-state index contributed by atoms with van der Waals surface area (Å²) in [6.07, 6.45) is 4.39. The molecule has 1 spiro atoms. The molecule has 1 unspecified atom stereocenters. The monoisotopic (exact) mass is 348 g/mol. The van der Waals surface area contributed by atoms with Crippen molar-refractivity contribution in [3.05, 3.63) is 42.2 Å². The van der Waals surface area contributed by atoms with E-state index in [1.807, 2.05) is 25.3 Å². The van der Waals surface area contributed by atoms with Crippen LogP contribution in [0.15, 0.2) is 36.5 Å². The van der Waals surface area contributed by atoms with Gasteiger partial charge in [0.2, 0.25) is 0 Å². The van der Waals surface area contributed by atoms with Crippen LogP contribution in [0.3, 0.4) is 0 Å². The highest BCUT2D eigenvalue weighted by Gasteiger charge is 2.44. The first-order valence-corrected chi connectivity index (χ1v) is 9.47. The third-order valence-corrected chi connectivity index (χ3v) is 5.93. The maximum absolute atomic E-state index is 5.63. The third-order valence-electron chi connectivity index (χ3n) is 5.93. The Morgan fingerprint density at radius 1 is 1.15 bits per heavy atom. The van der Waals surface area contributed by atoms with Gasteiger partial charge in [-0.25, -0.2) is 0 Å². The van der Waals surface area contributed by atoms with E-state index in [4.69, 9.17) is 9.84 Å². The van der Waals surface area contributed by atoms with E-state index < -0.39 is 0 Å². The fourth-order valence-electron chi connectivity index (χ4n) is 4.60. The van der Waals surface area contributed by atoms with Gasteiger partial charge in [-0.3, -0.25) is 9.67 Å². The normalized spacial score (nSPS) is 22.4. The second kappa shape index (κ2) is 5.81. The Hall–Kier alpha value is -2.40. The van der Waals surface area contributed by atoms with Crippen molar-refractivity contribution in [2.45, 2.75) is 31.7 Å². The zero-order valence-corrected chi connectivity index (χ0v) is 15.4. The van der Waals surface area contributed by atoms with Crippen molar-refractivity contribution < 1.29 is 4.74 Å². The molecule has 2 aromatic heterocycles. The molecule has 0 amide bonds. The van der Waals surface area contributed by atoms with Crippen LogP contribution in [0, 0.1) is 0 Å². The van der Waals surface area contributed by atoms with Crippen molar-refractivity contribution in [1.82, 2.24) is 19.7 Å². The van der Waals surface area contributed by atoms with Crippen LogP contribution >= 0.6 is 0 Å².